The third-order valence-corrected chi connectivity index (χ3v) is 3.41. The molecule has 0 unspecified atom stereocenters. The highest BCUT2D eigenvalue weighted by molar-refractivity contribution is 5.95. The molecular weight excluding hydrogens is 258 g/mol. The summed E-state index contributed by atoms with van der Waals surface area (Å²) in [4.78, 5) is 22.4. The van der Waals surface area contributed by atoms with Crippen LogP contribution < -0.4 is 10.6 Å². The Balaban J connectivity index is 2.87. The minimum Gasteiger partial charge on any atom is -0.383 e. The van der Waals surface area contributed by atoms with Crippen LogP contribution in [0.3, 0.4) is 0 Å². The first-order chi connectivity index (χ1) is 9.30. The van der Waals surface area contributed by atoms with E-state index in [0.717, 1.165) is 6.42 Å². The SMILES string of the molecule is CCC(C)(C)CNC(=O)c1ccc([N+](=O)[O-])c(NC)c1. The maximum absolute atomic E-state index is 12.0. The zero-order valence-corrected chi connectivity index (χ0v) is 12.3. The normalized spacial score (nSPS) is 11.0. The third-order valence-electron chi connectivity index (χ3n) is 3.41. The predicted octanol–water partition coefficient (Wildman–Crippen LogP) is 2.80. The molecule has 0 aliphatic rings. The van der Waals surface area contributed by atoms with E-state index in [1.165, 1.54) is 18.2 Å². The van der Waals surface area contributed by atoms with Gasteiger partial charge in [0.1, 0.15) is 5.69 Å². The average Bonchev–Trinajstić information content (AvgIpc) is 2.43. The molecule has 110 valence electrons. The van der Waals surface area contributed by atoms with Crippen molar-refractivity contribution in [2.45, 2.75) is 27.2 Å². The first kappa shape index (κ1) is 15.9. The van der Waals surface area contributed by atoms with Gasteiger partial charge in [0.15, 0.2) is 0 Å². The Labute approximate surface area is 118 Å². The number of carbonyl (C=O) groups is 1. The van der Waals surface area contributed by atoms with Gasteiger partial charge in [0.25, 0.3) is 11.6 Å². The molecule has 0 radical (unpaired) electrons. The van der Waals surface area contributed by atoms with E-state index in [1.807, 2.05) is 0 Å². The van der Waals surface area contributed by atoms with Crippen molar-refractivity contribution < 1.29 is 9.72 Å². The molecule has 0 aliphatic carbocycles. The molecule has 1 aromatic carbocycles. The van der Waals surface area contributed by atoms with Crippen molar-refractivity contribution in [1.82, 2.24) is 5.32 Å². The van der Waals surface area contributed by atoms with E-state index >= 15 is 0 Å². The van der Waals surface area contributed by atoms with E-state index in [4.69, 9.17) is 0 Å². The molecule has 1 amide bonds. The molecule has 0 aromatic heterocycles. The van der Waals surface area contributed by atoms with Crippen molar-refractivity contribution in [3.05, 3.63) is 33.9 Å². The first-order valence-corrected chi connectivity index (χ1v) is 6.55. The highest BCUT2D eigenvalue weighted by Gasteiger charge is 2.19. The van der Waals surface area contributed by atoms with Crippen LogP contribution in [-0.4, -0.2) is 24.4 Å². The summed E-state index contributed by atoms with van der Waals surface area (Å²) in [7, 11) is 1.59. The Kier molecular flexibility index (Phi) is 5.07. The minimum atomic E-state index is -0.478. The van der Waals surface area contributed by atoms with E-state index in [2.05, 4.69) is 31.4 Å². The van der Waals surface area contributed by atoms with Crippen LogP contribution in [0.1, 0.15) is 37.6 Å². The molecule has 0 saturated heterocycles. The number of carbonyl (C=O) groups excluding carboxylic acids is 1. The monoisotopic (exact) mass is 279 g/mol. The lowest BCUT2D eigenvalue weighted by Crippen LogP contribution is -2.33. The number of hydrogen-bond donors (Lipinski definition) is 2. The number of nitro groups is 1. The summed E-state index contributed by atoms with van der Waals surface area (Å²) in [6.45, 7) is 6.77. The second-order valence-corrected chi connectivity index (χ2v) is 5.44. The highest BCUT2D eigenvalue weighted by atomic mass is 16.6. The lowest BCUT2D eigenvalue weighted by atomic mass is 9.90. The van der Waals surface area contributed by atoms with Crippen molar-refractivity contribution in [3.8, 4) is 0 Å². The molecule has 2 N–H and O–H groups in total. The van der Waals surface area contributed by atoms with Crippen LogP contribution in [0.5, 0.6) is 0 Å². The van der Waals surface area contributed by atoms with E-state index in [-0.39, 0.29) is 17.0 Å². The summed E-state index contributed by atoms with van der Waals surface area (Å²) in [5.74, 6) is -0.224. The molecule has 1 rings (SSSR count). The molecule has 0 spiro atoms. The average molecular weight is 279 g/mol. The second kappa shape index (κ2) is 6.36. The Morgan fingerprint density at radius 1 is 1.40 bits per heavy atom. The first-order valence-electron chi connectivity index (χ1n) is 6.55. The second-order valence-electron chi connectivity index (χ2n) is 5.44. The van der Waals surface area contributed by atoms with E-state index in [9.17, 15) is 14.9 Å². The molecule has 0 saturated carbocycles. The number of nitrogens with zero attached hydrogens (tertiary/aromatic N) is 1. The Hall–Kier alpha value is -2.11. The van der Waals surface area contributed by atoms with Crippen LogP contribution in [-0.2, 0) is 0 Å². The number of nitrogens with one attached hydrogen (secondary N) is 2. The van der Waals surface area contributed by atoms with Gasteiger partial charge >= 0.3 is 0 Å². The summed E-state index contributed by atoms with van der Waals surface area (Å²) in [6.07, 6.45) is 0.954. The molecule has 0 heterocycles. The summed E-state index contributed by atoms with van der Waals surface area (Å²) in [6, 6.07) is 4.30. The van der Waals surface area contributed by atoms with Gasteiger partial charge in [-0.3, -0.25) is 14.9 Å². The fourth-order valence-electron chi connectivity index (χ4n) is 1.58. The summed E-state index contributed by atoms with van der Waals surface area (Å²) >= 11 is 0. The van der Waals surface area contributed by atoms with Gasteiger partial charge < -0.3 is 10.6 Å². The molecule has 20 heavy (non-hydrogen) atoms. The highest BCUT2D eigenvalue weighted by Crippen LogP contribution is 2.25. The largest absolute Gasteiger partial charge is 0.383 e. The van der Waals surface area contributed by atoms with Crippen LogP contribution in [0.2, 0.25) is 0 Å². The third kappa shape index (κ3) is 3.94. The van der Waals surface area contributed by atoms with Gasteiger partial charge in [-0.2, -0.15) is 0 Å². The molecule has 6 nitrogen and oxygen atoms in total. The van der Waals surface area contributed by atoms with Crippen LogP contribution in [0.4, 0.5) is 11.4 Å². The van der Waals surface area contributed by atoms with Gasteiger partial charge in [-0.05, 0) is 24.0 Å². The van der Waals surface area contributed by atoms with Crippen LogP contribution in [0, 0.1) is 15.5 Å². The number of benzene rings is 1. The van der Waals surface area contributed by atoms with Crippen LogP contribution in [0.25, 0.3) is 0 Å². The van der Waals surface area contributed by atoms with Crippen LogP contribution >= 0.6 is 0 Å². The van der Waals surface area contributed by atoms with E-state index in [0.29, 0.717) is 17.8 Å². The fraction of sp³-hybridized carbons (Fsp3) is 0.500. The number of anilines is 1. The maximum Gasteiger partial charge on any atom is 0.292 e. The van der Waals surface area contributed by atoms with E-state index in [1.54, 1.807) is 7.05 Å². The quantitative estimate of drug-likeness (QED) is 0.619. The van der Waals surface area contributed by atoms with Crippen molar-refractivity contribution in [3.63, 3.8) is 0 Å². The predicted molar refractivity (Wildman–Crippen MR) is 79.0 cm³/mol. The number of nitro benzene ring substituents is 1. The smallest absolute Gasteiger partial charge is 0.292 e. The van der Waals surface area contributed by atoms with E-state index < -0.39 is 4.92 Å². The minimum absolute atomic E-state index is 0.0300. The fourth-order valence-corrected chi connectivity index (χ4v) is 1.58. The van der Waals surface area contributed by atoms with Gasteiger partial charge in [0.05, 0.1) is 4.92 Å². The summed E-state index contributed by atoms with van der Waals surface area (Å²) in [5, 5.41) is 16.4. The molecule has 0 aliphatic heterocycles. The van der Waals surface area contributed by atoms with Crippen molar-refractivity contribution in [2.75, 3.05) is 18.9 Å². The maximum atomic E-state index is 12.0. The summed E-state index contributed by atoms with van der Waals surface area (Å²) in [5.41, 5.74) is 0.727. The molecule has 0 atom stereocenters. The van der Waals surface area contributed by atoms with Crippen LogP contribution in [0.15, 0.2) is 18.2 Å². The van der Waals surface area contributed by atoms with Gasteiger partial charge in [-0.1, -0.05) is 20.8 Å². The number of hydrogen-bond acceptors (Lipinski definition) is 4. The number of rotatable bonds is 6. The van der Waals surface area contributed by atoms with Gasteiger partial charge in [0.2, 0.25) is 0 Å². The Morgan fingerprint density at radius 2 is 2.05 bits per heavy atom. The topological polar surface area (TPSA) is 84.3 Å². The standard InChI is InChI=1S/C14H21N3O3/c1-5-14(2,3)9-16-13(18)10-6-7-12(17(19)20)11(8-10)15-4/h6-8,15H,5,9H2,1-4H3,(H,16,18). The lowest BCUT2D eigenvalue weighted by molar-refractivity contribution is -0.383. The van der Waals surface area contributed by atoms with Crippen molar-refractivity contribution >= 4 is 17.3 Å². The molecule has 0 bridgehead atoms. The zero-order chi connectivity index (χ0) is 15.3. The molecule has 0 fully saturated rings. The van der Waals surface area contributed by atoms with Gasteiger partial charge in [-0.15, -0.1) is 0 Å². The molecule has 1 aromatic rings. The number of amides is 1. The van der Waals surface area contributed by atoms with Gasteiger partial charge in [-0.25, -0.2) is 0 Å². The van der Waals surface area contributed by atoms with Crippen molar-refractivity contribution in [2.24, 2.45) is 5.41 Å². The Morgan fingerprint density at radius 3 is 2.55 bits per heavy atom. The molecular formula is C14H21N3O3. The van der Waals surface area contributed by atoms with Gasteiger partial charge in [0, 0.05) is 25.2 Å². The summed E-state index contributed by atoms with van der Waals surface area (Å²) < 4.78 is 0. The lowest BCUT2D eigenvalue weighted by Gasteiger charge is -2.22. The van der Waals surface area contributed by atoms with Crippen molar-refractivity contribution in [1.29, 1.82) is 0 Å². The zero-order valence-electron chi connectivity index (χ0n) is 12.3. The Bertz CT molecular complexity index is 512. The molecule has 6 heteroatoms.